The maximum Gasteiger partial charge on any atom is 0.266 e. The van der Waals surface area contributed by atoms with Crippen molar-refractivity contribution in [1.29, 1.82) is 0 Å². The summed E-state index contributed by atoms with van der Waals surface area (Å²) in [6, 6.07) is 9.94. The summed E-state index contributed by atoms with van der Waals surface area (Å²) in [7, 11) is 0. The van der Waals surface area contributed by atoms with E-state index in [2.05, 4.69) is 0 Å². The molecule has 2 amide bonds. The molecule has 0 atom stereocenters. The highest BCUT2D eigenvalue weighted by atomic mass is 32.2. The van der Waals surface area contributed by atoms with E-state index in [9.17, 15) is 9.59 Å². The van der Waals surface area contributed by atoms with Gasteiger partial charge in [0.05, 0.1) is 4.91 Å². The number of hydrogen-bond acceptors (Lipinski definition) is 4. The second kappa shape index (κ2) is 9.85. The van der Waals surface area contributed by atoms with Crippen LogP contribution in [0.25, 0.3) is 6.08 Å². The number of carbonyl (C=O) groups is 2. The molecule has 0 unspecified atom stereocenters. The molecule has 2 fully saturated rings. The molecule has 1 aromatic rings. The highest BCUT2D eigenvalue weighted by molar-refractivity contribution is 8.26. The smallest absolute Gasteiger partial charge is 0.266 e. The van der Waals surface area contributed by atoms with Gasteiger partial charge in [0.1, 0.15) is 4.32 Å². The summed E-state index contributed by atoms with van der Waals surface area (Å²) in [5, 5.41) is 0. The first-order valence-corrected chi connectivity index (χ1v) is 10.6. The standard InChI is InChI=1S/C21H24N2O2S2/c24-19(22-14-5-2-6-15-22)13-8-16-23-20(25)18(27-21(23)26)12-7-11-17-9-3-1-4-10-17/h1,3-4,7,9-12H,2,5-6,8,13-16H2. The van der Waals surface area contributed by atoms with Crippen molar-refractivity contribution in [2.75, 3.05) is 19.6 Å². The van der Waals surface area contributed by atoms with Crippen LogP contribution < -0.4 is 0 Å². The molecule has 3 rings (SSSR count). The number of thioether (sulfide) groups is 1. The Morgan fingerprint density at radius 2 is 1.89 bits per heavy atom. The Balaban J connectivity index is 1.49. The molecule has 2 aliphatic heterocycles. The van der Waals surface area contributed by atoms with E-state index in [1.807, 2.05) is 53.5 Å². The van der Waals surface area contributed by atoms with Crippen molar-refractivity contribution >= 4 is 46.2 Å². The molecule has 142 valence electrons. The summed E-state index contributed by atoms with van der Waals surface area (Å²) in [5.74, 6) is 0.134. The zero-order valence-corrected chi connectivity index (χ0v) is 16.9. The Kier molecular flexibility index (Phi) is 7.24. The third-order valence-electron chi connectivity index (χ3n) is 4.69. The van der Waals surface area contributed by atoms with E-state index < -0.39 is 0 Å². The number of likely N-dealkylation sites (tertiary alicyclic amines) is 1. The number of piperidine rings is 1. The van der Waals surface area contributed by atoms with Crippen LogP contribution in [-0.4, -0.2) is 45.6 Å². The molecule has 6 heteroatoms. The molecule has 1 aromatic carbocycles. The van der Waals surface area contributed by atoms with Crippen molar-refractivity contribution in [2.45, 2.75) is 32.1 Å². The Hall–Kier alpha value is -1.92. The summed E-state index contributed by atoms with van der Waals surface area (Å²) in [5.41, 5.74) is 1.08. The van der Waals surface area contributed by atoms with Gasteiger partial charge in [0.25, 0.3) is 5.91 Å². The number of nitrogens with zero attached hydrogens (tertiary/aromatic N) is 2. The summed E-state index contributed by atoms with van der Waals surface area (Å²) in [6.45, 7) is 2.25. The summed E-state index contributed by atoms with van der Waals surface area (Å²) < 4.78 is 0.574. The van der Waals surface area contributed by atoms with Crippen LogP contribution in [0.15, 0.2) is 47.4 Å². The lowest BCUT2D eigenvalue weighted by Gasteiger charge is -2.27. The number of rotatable bonds is 6. The van der Waals surface area contributed by atoms with Crippen LogP contribution in [0.1, 0.15) is 37.7 Å². The normalized spacial score (nSPS) is 19.5. The lowest BCUT2D eigenvalue weighted by Crippen LogP contribution is -2.36. The number of carbonyl (C=O) groups excluding carboxylic acids is 2. The average molecular weight is 401 g/mol. The minimum absolute atomic E-state index is 0.0619. The molecule has 0 radical (unpaired) electrons. The number of benzene rings is 1. The van der Waals surface area contributed by atoms with Gasteiger partial charge < -0.3 is 4.90 Å². The van der Waals surface area contributed by atoms with Gasteiger partial charge in [0, 0.05) is 26.1 Å². The van der Waals surface area contributed by atoms with Gasteiger partial charge in [-0.2, -0.15) is 0 Å². The van der Waals surface area contributed by atoms with E-state index in [0.717, 1.165) is 31.5 Å². The van der Waals surface area contributed by atoms with Crippen LogP contribution in [0.2, 0.25) is 0 Å². The monoisotopic (exact) mass is 400 g/mol. The minimum atomic E-state index is -0.0619. The van der Waals surface area contributed by atoms with Crippen LogP contribution in [0.5, 0.6) is 0 Å². The zero-order valence-electron chi connectivity index (χ0n) is 15.3. The molecule has 0 saturated carbocycles. The Morgan fingerprint density at radius 3 is 2.63 bits per heavy atom. The van der Waals surface area contributed by atoms with Crippen molar-refractivity contribution in [3.63, 3.8) is 0 Å². The molecule has 2 heterocycles. The zero-order chi connectivity index (χ0) is 19.1. The van der Waals surface area contributed by atoms with Gasteiger partial charge in [-0.15, -0.1) is 0 Å². The number of hydrogen-bond donors (Lipinski definition) is 0. The second-order valence-corrected chi connectivity index (χ2v) is 8.35. The fourth-order valence-electron chi connectivity index (χ4n) is 3.21. The number of thiocarbonyl (C=S) groups is 1. The van der Waals surface area contributed by atoms with Gasteiger partial charge in [0.2, 0.25) is 5.91 Å². The van der Waals surface area contributed by atoms with Crippen molar-refractivity contribution in [2.24, 2.45) is 0 Å². The third kappa shape index (κ3) is 5.53. The van der Waals surface area contributed by atoms with Gasteiger partial charge in [-0.3, -0.25) is 14.5 Å². The first-order chi connectivity index (χ1) is 13.1. The summed E-state index contributed by atoms with van der Waals surface area (Å²) >= 11 is 6.68. The Morgan fingerprint density at radius 1 is 1.15 bits per heavy atom. The molecular formula is C21H24N2O2S2. The second-order valence-electron chi connectivity index (χ2n) is 6.67. The largest absolute Gasteiger partial charge is 0.343 e. The molecule has 27 heavy (non-hydrogen) atoms. The Bertz CT molecular complexity index is 753. The van der Waals surface area contributed by atoms with E-state index in [4.69, 9.17) is 12.2 Å². The average Bonchev–Trinajstić information content (AvgIpc) is 2.97. The molecule has 0 aromatic heterocycles. The first kappa shape index (κ1) is 19.8. The van der Waals surface area contributed by atoms with Crippen LogP contribution in [0.4, 0.5) is 0 Å². The molecule has 0 N–H and O–H groups in total. The molecule has 2 aliphatic rings. The summed E-state index contributed by atoms with van der Waals surface area (Å²) in [6.07, 6.45) is 10.2. The van der Waals surface area contributed by atoms with Crippen molar-refractivity contribution < 1.29 is 9.59 Å². The summed E-state index contributed by atoms with van der Waals surface area (Å²) in [4.78, 5) is 29.0. The molecule has 2 saturated heterocycles. The van der Waals surface area contributed by atoms with E-state index in [-0.39, 0.29) is 11.8 Å². The fourth-order valence-corrected chi connectivity index (χ4v) is 4.47. The molecule has 0 spiro atoms. The van der Waals surface area contributed by atoms with Gasteiger partial charge in [-0.1, -0.05) is 66.5 Å². The third-order valence-corrected chi connectivity index (χ3v) is 6.09. The molecule has 0 bridgehead atoms. The van der Waals surface area contributed by atoms with Crippen molar-refractivity contribution in [3.05, 3.63) is 53.0 Å². The first-order valence-electron chi connectivity index (χ1n) is 9.40. The minimum Gasteiger partial charge on any atom is -0.343 e. The van der Waals surface area contributed by atoms with Crippen LogP contribution in [-0.2, 0) is 9.59 Å². The lowest BCUT2D eigenvalue weighted by atomic mass is 10.1. The van der Waals surface area contributed by atoms with Crippen LogP contribution >= 0.6 is 24.0 Å². The number of amides is 2. The van der Waals surface area contributed by atoms with Crippen LogP contribution in [0.3, 0.4) is 0 Å². The maximum absolute atomic E-state index is 12.6. The van der Waals surface area contributed by atoms with E-state index in [1.165, 1.54) is 18.2 Å². The topological polar surface area (TPSA) is 40.6 Å². The quantitative estimate of drug-likeness (QED) is 0.529. The van der Waals surface area contributed by atoms with Crippen molar-refractivity contribution in [1.82, 2.24) is 9.80 Å². The van der Waals surface area contributed by atoms with Gasteiger partial charge in [-0.05, 0) is 37.3 Å². The van der Waals surface area contributed by atoms with E-state index in [1.54, 1.807) is 4.90 Å². The predicted octanol–water partition coefficient (Wildman–Crippen LogP) is 4.24. The fraction of sp³-hybridized carbons (Fsp3) is 0.381. The highest BCUT2D eigenvalue weighted by Gasteiger charge is 2.31. The van der Waals surface area contributed by atoms with E-state index in [0.29, 0.717) is 28.6 Å². The molecule has 0 aliphatic carbocycles. The Labute approximate surface area is 170 Å². The number of allylic oxidation sites excluding steroid dienone is 2. The van der Waals surface area contributed by atoms with Gasteiger partial charge >= 0.3 is 0 Å². The van der Waals surface area contributed by atoms with Crippen LogP contribution in [0, 0.1) is 0 Å². The lowest BCUT2D eigenvalue weighted by molar-refractivity contribution is -0.132. The van der Waals surface area contributed by atoms with Crippen molar-refractivity contribution in [3.8, 4) is 0 Å². The SMILES string of the molecule is O=C(CCCN1C(=O)C(=CC=Cc2ccccc2)SC1=S)N1CCCCC1. The maximum atomic E-state index is 12.6. The van der Waals surface area contributed by atoms with E-state index >= 15 is 0 Å². The highest BCUT2D eigenvalue weighted by Crippen LogP contribution is 2.31. The predicted molar refractivity (Wildman–Crippen MR) is 115 cm³/mol. The van der Waals surface area contributed by atoms with Gasteiger partial charge in [0.15, 0.2) is 0 Å². The molecular weight excluding hydrogens is 376 g/mol. The van der Waals surface area contributed by atoms with Gasteiger partial charge in [-0.25, -0.2) is 0 Å². The molecule has 4 nitrogen and oxygen atoms in total.